The zero-order valence-corrected chi connectivity index (χ0v) is 15.0. The second-order valence-electron chi connectivity index (χ2n) is 5.54. The molecule has 0 aliphatic heterocycles. The zero-order chi connectivity index (χ0) is 21.2. The van der Waals surface area contributed by atoms with E-state index in [0.717, 1.165) is 20.3 Å². The van der Waals surface area contributed by atoms with Gasteiger partial charge < -0.3 is 34.7 Å². The number of phenols is 2. The van der Waals surface area contributed by atoms with Crippen molar-refractivity contribution in [3.05, 3.63) is 40.1 Å². The van der Waals surface area contributed by atoms with Crippen LogP contribution >= 0.6 is 0 Å². The van der Waals surface area contributed by atoms with Crippen molar-refractivity contribution >= 4 is 17.6 Å². The number of methoxy groups -OCH3 is 2. The minimum Gasteiger partial charge on any atom is -0.595 e. The van der Waals surface area contributed by atoms with E-state index in [-0.39, 0.29) is 11.5 Å². The third-order valence-electron chi connectivity index (χ3n) is 3.70. The molecule has 2 rings (SSSR count). The molecule has 0 aromatic heterocycles. The highest BCUT2D eigenvalue weighted by Gasteiger charge is 2.32. The Morgan fingerprint density at radius 2 is 1.68 bits per heavy atom. The number of carbonyl (C=O) groups excluding carboxylic acids is 1. The summed E-state index contributed by atoms with van der Waals surface area (Å²) >= 11 is 0. The number of hydrogen-bond donors (Lipinski definition) is 5. The number of aryl methyl sites for hydroxylation is 1. The minimum atomic E-state index is -1.66. The SMILES string of the molecule is COC(=O)c1c(Oc2cc(C)cc(O)c2C(=O)O)c(OC)cc(O)c1[NH+]([O-])O. The number of phenolic OH excluding ortho intramolecular Hbond substituents is 1. The number of benzene rings is 2. The fraction of sp³-hybridized carbons (Fsp3) is 0.176. The smallest absolute Gasteiger partial charge is 0.348 e. The number of carboxylic acids is 1. The summed E-state index contributed by atoms with van der Waals surface area (Å²) in [5, 5.41) is 48.6. The lowest BCUT2D eigenvalue weighted by molar-refractivity contribution is -0.991. The Hall–Kier alpha value is -3.54. The van der Waals surface area contributed by atoms with E-state index >= 15 is 0 Å². The van der Waals surface area contributed by atoms with Gasteiger partial charge in [-0.15, -0.1) is 0 Å². The number of ether oxygens (including phenoxy) is 3. The lowest BCUT2D eigenvalue weighted by Crippen LogP contribution is -2.99. The molecule has 1 atom stereocenters. The maximum atomic E-state index is 12.2. The van der Waals surface area contributed by atoms with Crippen LogP contribution in [-0.4, -0.2) is 46.7 Å². The highest BCUT2D eigenvalue weighted by Crippen LogP contribution is 2.44. The van der Waals surface area contributed by atoms with Crippen LogP contribution in [-0.2, 0) is 4.74 Å². The van der Waals surface area contributed by atoms with E-state index < -0.39 is 51.2 Å². The first-order chi connectivity index (χ1) is 13.1. The van der Waals surface area contributed by atoms with Crippen LogP contribution in [0.4, 0.5) is 5.69 Å². The maximum Gasteiger partial charge on any atom is 0.348 e. The summed E-state index contributed by atoms with van der Waals surface area (Å²) in [6.45, 7) is 1.55. The largest absolute Gasteiger partial charge is 0.595 e. The van der Waals surface area contributed by atoms with Crippen molar-refractivity contribution in [2.45, 2.75) is 6.92 Å². The van der Waals surface area contributed by atoms with Crippen LogP contribution in [0.1, 0.15) is 26.3 Å². The van der Waals surface area contributed by atoms with Gasteiger partial charge >= 0.3 is 11.9 Å². The molecule has 2 aromatic carbocycles. The summed E-state index contributed by atoms with van der Waals surface area (Å²) in [6.07, 6.45) is 0. The second kappa shape index (κ2) is 8.00. The standard InChI is InChI=1S/C17H17NO10/c1-7-4-8(19)12(16(21)22)10(5-7)28-15-11(26-2)6-9(20)14(18(24)25)13(15)17(23)27-3/h4-6,18-20,24H,1-3H3,(H,21,22). The molecular formula is C17H17NO10. The van der Waals surface area contributed by atoms with Crippen molar-refractivity contribution in [3.8, 4) is 28.7 Å². The number of hydrogen-bond acceptors (Lipinski definition) is 9. The quantitative estimate of drug-likeness (QED) is 0.271. The van der Waals surface area contributed by atoms with Gasteiger partial charge in [0, 0.05) is 6.07 Å². The molecule has 0 radical (unpaired) electrons. The average Bonchev–Trinajstić information content (AvgIpc) is 2.60. The number of esters is 1. The van der Waals surface area contributed by atoms with Crippen LogP contribution in [0, 0.1) is 12.1 Å². The van der Waals surface area contributed by atoms with Gasteiger partial charge in [-0.05, 0) is 24.6 Å². The van der Waals surface area contributed by atoms with E-state index in [9.17, 15) is 35.3 Å². The number of carbonyl (C=O) groups is 2. The topological polar surface area (TPSA) is 170 Å². The van der Waals surface area contributed by atoms with Gasteiger partial charge in [-0.25, -0.2) is 14.8 Å². The number of quaternary nitrogens is 1. The molecule has 0 spiro atoms. The van der Waals surface area contributed by atoms with Crippen LogP contribution in [0.5, 0.6) is 28.7 Å². The van der Waals surface area contributed by atoms with Crippen LogP contribution < -0.4 is 14.7 Å². The lowest BCUT2D eigenvalue weighted by atomic mass is 10.1. The van der Waals surface area contributed by atoms with Crippen LogP contribution in [0.25, 0.3) is 0 Å². The van der Waals surface area contributed by atoms with Crippen molar-refractivity contribution in [1.29, 1.82) is 0 Å². The summed E-state index contributed by atoms with van der Waals surface area (Å²) < 4.78 is 15.1. The van der Waals surface area contributed by atoms with E-state index in [1.54, 1.807) is 6.92 Å². The van der Waals surface area contributed by atoms with Gasteiger partial charge in [0.1, 0.15) is 17.1 Å². The highest BCUT2D eigenvalue weighted by molar-refractivity contribution is 6.00. The van der Waals surface area contributed by atoms with Gasteiger partial charge in [-0.1, -0.05) is 0 Å². The number of nitrogens with one attached hydrogen (secondary N) is 1. The summed E-state index contributed by atoms with van der Waals surface area (Å²) in [5.74, 6) is -5.23. The van der Waals surface area contributed by atoms with Gasteiger partial charge in [0.05, 0.1) is 14.2 Å². The maximum absolute atomic E-state index is 12.2. The van der Waals surface area contributed by atoms with Crippen LogP contribution in [0.15, 0.2) is 18.2 Å². The molecule has 0 fully saturated rings. The van der Waals surface area contributed by atoms with Gasteiger partial charge in [-0.2, -0.15) is 5.23 Å². The molecule has 0 bridgehead atoms. The Balaban J connectivity index is 2.84. The van der Waals surface area contributed by atoms with Gasteiger partial charge in [-0.3, -0.25) is 0 Å². The van der Waals surface area contributed by atoms with Gasteiger partial charge in [0.15, 0.2) is 22.8 Å². The summed E-state index contributed by atoms with van der Waals surface area (Å²) in [5.41, 5.74) is -1.71. The second-order valence-corrected chi connectivity index (χ2v) is 5.54. The Bertz CT molecular complexity index is 938. The molecule has 11 nitrogen and oxygen atoms in total. The van der Waals surface area contributed by atoms with E-state index in [4.69, 9.17) is 9.47 Å². The molecule has 0 amide bonds. The van der Waals surface area contributed by atoms with Gasteiger partial charge in [0.2, 0.25) is 5.69 Å². The third kappa shape index (κ3) is 3.76. The molecule has 11 heteroatoms. The molecule has 5 N–H and O–H groups in total. The zero-order valence-electron chi connectivity index (χ0n) is 15.0. The fourth-order valence-electron chi connectivity index (χ4n) is 2.53. The fourth-order valence-corrected chi connectivity index (χ4v) is 2.53. The van der Waals surface area contributed by atoms with Gasteiger partial charge in [0.25, 0.3) is 0 Å². The predicted molar refractivity (Wildman–Crippen MR) is 91.7 cm³/mol. The normalized spacial score (nSPS) is 11.6. The molecule has 0 heterocycles. The Labute approximate surface area is 158 Å². The average molecular weight is 395 g/mol. The predicted octanol–water partition coefficient (Wildman–Crippen LogP) is 1.10. The molecular weight excluding hydrogens is 378 g/mol. The highest BCUT2D eigenvalue weighted by atomic mass is 16.8. The summed E-state index contributed by atoms with van der Waals surface area (Å²) in [4.78, 5) is 23.7. The molecule has 150 valence electrons. The molecule has 0 saturated carbocycles. The summed E-state index contributed by atoms with van der Waals surface area (Å²) in [6, 6.07) is 3.34. The van der Waals surface area contributed by atoms with Crippen molar-refractivity contribution < 1.29 is 49.6 Å². The Morgan fingerprint density at radius 1 is 1.04 bits per heavy atom. The minimum absolute atomic E-state index is 0.264. The first-order valence-corrected chi connectivity index (χ1v) is 7.62. The van der Waals surface area contributed by atoms with E-state index in [1.165, 1.54) is 12.1 Å². The molecule has 1 unspecified atom stereocenters. The van der Waals surface area contributed by atoms with Crippen LogP contribution in [0.3, 0.4) is 0 Å². The van der Waals surface area contributed by atoms with Crippen molar-refractivity contribution in [2.24, 2.45) is 0 Å². The molecule has 0 saturated heterocycles. The van der Waals surface area contributed by atoms with E-state index in [2.05, 4.69) is 4.74 Å². The number of aromatic carboxylic acids is 1. The van der Waals surface area contributed by atoms with E-state index in [1.807, 2.05) is 0 Å². The van der Waals surface area contributed by atoms with Crippen LogP contribution in [0.2, 0.25) is 0 Å². The molecule has 0 aliphatic rings. The molecule has 2 aromatic rings. The van der Waals surface area contributed by atoms with E-state index in [0.29, 0.717) is 5.56 Å². The third-order valence-corrected chi connectivity index (χ3v) is 3.70. The Kier molecular flexibility index (Phi) is 5.93. The monoisotopic (exact) mass is 395 g/mol. The van der Waals surface area contributed by atoms with Crippen molar-refractivity contribution in [2.75, 3.05) is 14.2 Å². The van der Waals surface area contributed by atoms with Crippen molar-refractivity contribution in [3.63, 3.8) is 0 Å². The molecule has 0 aliphatic carbocycles. The lowest BCUT2D eigenvalue weighted by Gasteiger charge is -2.21. The Morgan fingerprint density at radius 3 is 2.18 bits per heavy atom. The number of carboxylic acid groups (broad SMARTS) is 1. The van der Waals surface area contributed by atoms with Crippen molar-refractivity contribution in [1.82, 2.24) is 0 Å². The summed E-state index contributed by atoms with van der Waals surface area (Å²) in [7, 11) is 2.14. The first kappa shape index (κ1) is 20.8. The number of rotatable bonds is 6. The number of aromatic hydroxyl groups is 2. The first-order valence-electron chi connectivity index (χ1n) is 7.62. The molecule has 28 heavy (non-hydrogen) atoms.